The third-order valence-electron chi connectivity index (χ3n) is 1.22. The van der Waals surface area contributed by atoms with Crippen molar-refractivity contribution in [1.29, 1.82) is 0 Å². The molecule has 1 heteroatoms. The van der Waals surface area contributed by atoms with Crippen LogP contribution in [0.1, 0.15) is 12.5 Å². The van der Waals surface area contributed by atoms with Crippen molar-refractivity contribution in [2.45, 2.75) is 13.3 Å². The fraction of sp³-hybridized carbons (Fsp3) is 0.250. The van der Waals surface area contributed by atoms with E-state index in [4.69, 9.17) is 0 Å². The van der Waals surface area contributed by atoms with Crippen LogP contribution in [0, 0.1) is 6.07 Å². The minimum atomic E-state index is 1.08. The summed E-state index contributed by atoms with van der Waals surface area (Å²) >= 11 is 3.37. The van der Waals surface area contributed by atoms with Gasteiger partial charge in [0.1, 0.15) is 0 Å². The molecular weight excluding hydrogens is 176 g/mol. The van der Waals surface area contributed by atoms with E-state index in [0.717, 1.165) is 10.9 Å². The van der Waals surface area contributed by atoms with Crippen molar-refractivity contribution in [1.82, 2.24) is 0 Å². The molecule has 0 spiro atoms. The second-order valence-corrected chi connectivity index (χ2v) is 2.83. The Labute approximate surface area is 64.0 Å². The van der Waals surface area contributed by atoms with E-state index in [2.05, 4.69) is 35.0 Å². The molecule has 1 aromatic carbocycles. The maximum absolute atomic E-state index is 3.37. The van der Waals surface area contributed by atoms with E-state index in [9.17, 15) is 0 Å². The molecule has 0 fully saturated rings. The summed E-state index contributed by atoms with van der Waals surface area (Å²) in [6, 6.07) is 9.06. The number of hydrogen-bond donors (Lipinski definition) is 0. The van der Waals surface area contributed by atoms with Crippen LogP contribution in [0.5, 0.6) is 0 Å². The molecule has 1 aromatic rings. The van der Waals surface area contributed by atoms with E-state index in [-0.39, 0.29) is 0 Å². The Balaban J connectivity index is 2.94. The van der Waals surface area contributed by atoms with E-state index in [1.165, 1.54) is 5.56 Å². The van der Waals surface area contributed by atoms with Crippen LogP contribution in [0.15, 0.2) is 22.7 Å². The summed E-state index contributed by atoms with van der Waals surface area (Å²) in [5.74, 6) is 0. The highest BCUT2D eigenvalue weighted by Crippen LogP contribution is 2.10. The van der Waals surface area contributed by atoms with E-state index < -0.39 is 0 Å². The molecule has 0 aliphatic heterocycles. The number of hydrogen-bond acceptors (Lipinski definition) is 0. The van der Waals surface area contributed by atoms with Crippen molar-refractivity contribution in [2.24, 2.45) is 0 Å². The number of benzene rings is 1. The van der Waals surface area contributed by atoms with Crippen LogP contribution < -0.4 is 0 Å². The molecule has 0 aliphatic rings. The Hall–Kier alpha value is -0.300. The summed E-state index contributed by atoms with van der Waals surface area (Å²) in [6.07, 6.45) is 1.08. The van der Waals surface area contributed by atoms with Crippen LogP contribution in [0.2, 0.25) is 0 Å². The zero-order chi connectivity index (χ0) is 6.69. The molecule has 0 nitrogen and oxygen atoms in total. The SMILES string of the molecule is CCc1c[c]cc(Br)c1. The summed E-state index contributed by atoms with van der Waals surface area (Å²) < 4.78 is 1.11. The average molecular weight is 184 g/mol. The minimum Gasteiger partial charge on any atom is -0.0613 e. The van der Waals surface area contributed by atoms with Gasteiger partial charge in [-0.05, 0) is 30.2 Å². The van der Waals surface area contributed by atoms with Gasteiger partial charge in [0.05, 0.1) is 0 Å². The lowest BCUT2D eigenvalue weighted by Gasteiger charge is -1.93. The second kappa shape index (κ2) is 3.02. The van der Waals surface area contributed by atoms with Gasteiger partial charge in [-0.15, -0.1) is 0 Å². The van der Waals surface area contributed by atoms with Crippen molar-refractivity contribution in [3.8, 4) is 0 Å². The van der Waals surface area contributed by atoms with Crippen molar-refractivity contribution >= 4 is 15.9 Å². The second-order valence-electron chi connectivity index (χ2n) is 1.91. The summed E-state index contributed by atoms with van der Waals surface area (Å²) in [7, 11) is 0. The Morgan fingerprint density at radius 3 is 2.78 bits per heavy atom. The van der Waals surface area contributed by atoms with Crippen LogP contribution in [0.4, 0.5) is 0 Å². The predicted molar refractivity (Wildman–Crippen MR) is 42.4 cm³/mol. The fourth-order valence-corrected chi connectivity index (χ4v) is 1.12. The lowest BCUT2D eigenvalue weighted by molar-refractivity contribution is 1.14. The number of aryl methyl sites for hydroxylation is 1. The number of rotatable bonds is 1. The third kappa shape index (κ3) is 1.83. The van der Waals surface area contributed by atoms with Crippen molar-refractivity contribution in [2.75, 3.05) is 0 Å². The molecular formula is C8H8Br. The first-order valence-corrected chi connectivity index (χ1v) is 3.77. The highest BCUT2D eigenvalue weighted by Gasteiger charge is 1.87. The predicted octanol–water partition coefficient (Wildman–Crippen LogP) is 2.81. The van der Waals surface area contributed by atoms with Gasteiger partial charge in [-0.25, -0.2) is 0 Å². The van der Waals surface area contributed by atoms with Gasteiger partial charge in [0.2, 0.25) is 0 Å². The zero-order valence-electron chi connectivity index (χ0n) is 5.32. The molecule has 0 amide bonds. The maximum Gasteiger partial charge on any atom is 0.0184 e. The molecule has 0 bridgehead atoms. The molecule has 0 saturated heterocycles. The monoisotopic (exact) mass is 183 g/mol. The van der Waals surface area contributed by atoms with Gasteiger partial charge in [0.15, 0.2) is 0 Å². The first-order chi connectivity index (χ1) is 4.33. The summed E-state index contributed by atoms with van der Waals surface area (Å²) in [4.78, 5) is 0. The topological polar surface area (TPSA) is 0 Å². The molecule has 0 aromatic heterocycles. The Kier molecular flexibility index (Phi) is 2.29. The van der Waals surface area contributed by atoms with Crippen molar-refractivity contribution < 1.29 is 0 Å². The molecule has 0 aliphatic carbocycles. The molecule has 0 saturated carbocycles. The van der Waals surface area contributed by atoms with Gasteiger partial charge in [-0.2, -0.15) is 0 Å². The van der Waals surface area contributed by atoms with Gasteiger partial charge in [0, 0.05) is 4.47 Å². The summed E-state index contributed by atoms with van der Waals surface area (Å²) in [5.41, 5.74) is 1.32. The molecule has 9 heavy (non-hydrogen) atoms. The molecule has 0 N–H and O–H groups in total. The molecule has 47 valence electrons. The van der Waals surface area contributed by atoms with Crippen LogP contribution >= 0.6 is 15.9 Å². The zero-order valence-corrected chi connectivity index (χ0v) is 6.90. The molecule has 0 heterocycles. The Morgan fingerprint density at radius 2 is 2.33 bits per heavy atom. The summed E-state index contributed by atoms with van der Waals surface area (Å²) in [5, 5.41) is 0. The van der Waals surface area contributed by atoms with Gasteiger partial charge in [0.25, 0.3) is 0 Å². The highest BCUT2D eigenvalue weighted by molar-refractivity contribution is 9.10. The largest absolute Gasteiger partial charge is 0.0613 e. The Bertz CT molecular complexity index is 194. The lowest BCUT2D eigenvalue weighted by Crippen LogP contribution is -1.76. The minimum absolute atomic E-state index is 1.08. The standard InChI is InChI=1S/C8H8Br/c1-2-7-4-3-5-8(9)6-7/h4-6H,2H2,1H3. The first-order valence-electron chi connectivity index (χ1n) is 2.98. The van der Waals surface area contributed by atoms with E-state index in [1.54, 1.807) is 0 Å². The van der Waals surface area contributed by atoms with Gasteiger partial charge in [-0.1, -0.05) is 28.9 Å². The van der Waals surface area contributed by atoms with Gasteiger partial charge < -0.3 is 0 Å². The van der Waals surface area contributed by atoms with Gasteiger partial charge >= 0.3 is 0 Å². The first kappa shape index (κ1) is 6.81. The smallest absolute Gasteiger partial charge is 0.0184 e. The van der Waals surface area contributed by atoms with Crippen molar-refractivity contribution in [3.63, 3.8) is 0 Å². The molecule has 0 atom stereocenters. The normalized spacial score (nSPS) is 9.56. The van der Waals surface area contributed by atoms with Crippen LogP contribution in [-0.2, 0) is 6.42 Å². The lowest BCUT2D eigenvalue weighted by atomic mass is 10.2. The van der Waals surface area contributed by atoms with E-state index >= 15 is 0 Å². The third-order valence-corrected chi connectivity index (χ3v) is 1.68. The molecule has 1 radical (unpaired) electrons. The van der Waals surface area contributed by atoms with E-state index in [1.807, 2.05) is 12.1 Å². The van der Waals surface area contributed by atoms with Crippen LogP contribution in [0.25, 0.3) is 0 Å². The summed E-state index contributed by atoms with van der Waals surface area (Å²) in [6.45, 7) is 2.13. The Morgan fingerprint density at radius 1 is 1.56 bits per heavy atom. The quantitative estimate of drug-likeness (QED) is 0.629. The van der Waals surface area contributed by atoms with Crippen LogP contribution in [0.3, 0.4) is 0 Å². The molecule has 0 unspecified atom stereocenters. The average Bonchev–Trinajstić information content (AvgIpc) is 1.88. The van der Waals surface area contributed by atoms with E-state index in [0.29, 0.717) is 0 Å². The van der Waals surface area contributed by atoms with Gasteiger partial charge in [-0.3, -0.25) is 0 Å². The number of halogens is 1. The molecule has 1 rings (SSSR count). The van der Waals surface area contributed by atoms with Crippen LogP contribution in [-0.4, -0.2) is 0 Å². The highest BCUT2D eigenvalue weighted by atomic mass is 79.9. The van der Waals surface area contributed by atoms with Crippen molar-refractivity contribution in [3.05, 3.63) is 34.3 Å². The fourth-order valence-electron chi connectivity index (χ4n) is 0.693. The maximum atomic E-state index is 3.37.